The fraction of sp³-hybridized carbons (Fsp3) is 0.278. The molecule has 2 aromatic rings. The second kappa shape index (κ2) is 9.39. The largest absolute Gasteiger partial charge is 0.496 e. The number of nitrogens with one attached hydrogen (secondary N) is 2. The van der Waals surface area contributed by atoms with Crippen molar-refractivity contribution in [3.8, 4) is 5.75 Å². The van der Waals surface area contributed by atoms with Crippen LogP contribution < -0.4 is 15.4 Å². The van der Waals surface area contributed by atoms with Crippen LogP contribution in [0, 0.1) is 0 Å². The van der Waals surface area contributed by atoms with Gasteiger partial charge in [0.1, 0.15) is 11.4 Å². The molecule has 0 atom stereocenters. The Bertz CT molecular complexity index is 734. The molecule has 0 aliphatic rings. The van der Waals surface area contributed by atoms with Gasteiger partial charge >= 0.3 is 0 Å². The monoisotopic (exact) mass is 343 g/mol. The van der Waals surface area contributed by atoms with E-state index in [1.54, 1.807) is 20.3 Å². The van der Waals surface area contributed by atoms with Crippen LogP contribution in [-0.4, -0.2) is 44.2 Å². The standard InChI is InChI=1S/C18H21N3O4/c1-24-10-9-20-18(23)15-11-13(7-8-19-15)17(22)21-12-14-5-3-4-6-16(14)25-2/h3-8,11H,9-10,12H2,1-2H3,(H,20,23)(H,21,22). The number of ether oxygens (including phenoxy) is 2. The number of amides is 2. The number of benzene rings is 1. The number of methoxy groups -OCH3 is 2. The molecule has 0 saturated carbocycles. The maximum Gasteiger partial charge on any atom is 0.269 e. The van der Waals surface area contributed by atoms with Gasteiger partial charge in [0.2, 0.25) is 0 Å². The number of nitrogens with zero attached hydrogens (tertiary/aromatic N) is 1. The summed E-state index contributed by atoms with van der Waals surface area (Å²) in [6, 6.07) is 10.5. The fourth-order valence-corrected chi connectivity index (χ4v) is 2.18. The maximum atomic E-state index is 12.3. The van der Waals surface area contributed by atoms with E-state index in [0.717, 1.165) is 5.56 Å². The van der Waals surface area contributed by atoms with Gasteiger partial charge in [-0.1, -0.05) is 18.2 Å². The van der Waals surface area contributed by atoms with Gasteiger partial charge in [0, 0.05) is 37.5 Å². The molecular formula is C18H21N3O4. The molecule has 25 heavy (non-hydrogen) atoms. The van der Waals surface area contributed by atoms with Crippen LogP contribution in [0.2, 0.25) is 0 Å². The summed E-state index contributed by atoms with van der Waals surface area (Å²) in [5.74, 6) is 0.0615. The molecule has 1 heterocycles. The van der Waals surface area contributed by atoms with Gasteiger partial charge in [-0.3, -0.25) is 14.6 Å². The van der Waals surface area contributed by atoms with Gasteiger partial charge in [0.05, 0.1) is 13.7 Å². The van der Waals surface area contributed by atoms with Crippen LogP contribution in [0.3, 0.4) is 0 Å². The summed E-state index contributed by atoms with van der Waals surface area (Å²) in [6.45, 7) is 1.10. The fourth-order valence-electron chi connectivity index (χ4n) is 2.18. The summed E-state index contributed by atoms with van der Waals surface area (Å²) in [7, 11) is 3.13. The summed E-state index contributed by atoms with van der Waals surface area (Å²) in [5, 5.41) is 5.47. The molecule has 0 radical (unpaired) electrons. The van der Waals surface area contributed by atoms with Crippen LogP contribution in [0.1, 0.15) is 26.4 Å². The van der Waals surface area contributed by atoms with Crippen LogP contribution in [0.15, 0.2) is 42.6 Å². The Labute approximate surface area is 146 Å². The van der Waals surface area contributed by atoms with Crippen LogP contribution in [0.5, 0.6) is 5.75 Å². The van der Waals surface area contributed by atoms with E-state index in [1.165, 1.54) is 12.3 Å². The Kier molecular flexibility index (Phi) is 6.91. The van der Waals surface area contributed by atoms with Crippen molar-refractivity contribution in [2.75, 3.05) is 27.4 Å². The molecule has 0 aliphatic heterocycles. The maximum absolute atomic E-state index is 12.3. The molecule has 132 valence electrons. The van der Waals surface area contributed by atoms with Crippen molar-refractivity contribution in [3.05, 3.63) is 59.4 Å². The van der Waals surface area contributed by atoms with Gasteiger partial charge in [-0.25, -0.2) is 0 Å². The molecular weight excluding hydrogens is 322 g/mol. The molecule has 2 N–H and O–H groups in total. The number of pyridine rings is 1. The topological polar surface area (TPSA) is 89.5 Å². The van der Waals surface area contributed by atoms with Crippen molar-refractivity contribution in [2.45, 2.75) is 6.54 Å². The Morgan fingerprint density at radius 1 is 1.08 bits per heavy atom. The third kappa shape index (κ3) is 5.29. The second-order valence-corrected chi connectivity index (χ2v) is 5.17. The minimum absolute atomic E-state index is 0.182. The van der Waals surface area contributed by atoms with E-state index in [1.807, 2.05) is 24.3 Å². The Morgan fingerprint density at radius 3 is 2.64 bits per heavy atom. The van der Waals surface area contributed by atoms with E-state index >= 15 is 0 Å². The lowest BCUT2D eigenvalue weighted by atomic mass is 10.1. The second-order valence-electron chi connectivity index (χ2n) is 5.17. The molecule has 0 aliphatic carbocycles. The zero-order valence-electron chi connectivity index (χ0n) is 14.2. The predicted octanol–water partition coefficient (Wildman–Crippen LogP) is 1.40. The summed E-state index contributed by atoms with van der Waals surface area (Å²) in [5.41, 5.74) is 1.41. The van der Waals surface area contributed by atoms with Crippen molar-refractivity contribution in [3.63, 3.8) is 0 Å². The summed E-state index contributed by atoms with van der Waals surface area (Å²) < 4.78 is 10.1. The van der Waals surface area contributed by atoms with Gasteiger partial charge in [-0.2, -0.15) is 0 Å². The average Bonchev–Trinajstić information content (AvgIpc) is 2.66. The minimum atomic E-state index is -0.351. The number of hydrogen-bond donors (Lipinski definition) is 2. The number of aromatic nitrogens is 1. The number of carbonyl (C=O) groups excluding carboxylic acids is 2. The van der Waals surface area contributed by atoms with Gasteiger partial charge in [-0.15, -0.1) is 0 Å². The summed E-state index contributed by atoms with van der Waals surface area (Å²) in [6.07, 6.45) is 1.43. The van der Waals surface area contributed by atoms with E-state index in [0.29, 0.717) is 31.0 Å². The van der Waals surface area contributed by atoms with Crippen molar-refractivity contribution in [1.82, 2.24) is 15.6 Å². The number of carbonyl (C=O) groups is 2. The van der Waals surface area contributed by atoms with E-state index in [4.69, 9.17) is 9.47 Å². The molecule has 1 aromatic carbocycles. The van der Waals surface area contributed by atoms with Gasteiger partial charge < -0.3 is 20.1 Å². The van der Waals surface area contributed by atoms with Crippen molar-refractivity contribution in [2.24, 2.45) is 0 Å². The molecule has 0 bridgehead atoms. The third-order valence-corrected chi connectivity index (χ3v) is 3.48. The first-order chi connectivity index (χ1) is 12.2. The zero-order chi connectivity index (χ0) is 18.1. The number of para-hydroxylation sites is 1. The predicted molar refractivity (Wildman–Crippen MR) is 92.6 cm³/mol. The van der Waals surface area contributed by atoms with Crippen LogP contribution >= 0.6 is 0 Å². The first-order valence-corrected chi connectivity index (χ1v) is 7.79. The van der Waals surface area contributed by atoms with Gasteiger partial charge in [0.25, 0.3) is 11.8 Å². The highest BCUT2D eigenvalue weighted by molar-refractivity contribution is 5.98. The van der Waals surface area contributed by atoms with Gasteiger partial charge in [-0.05, 0) is 18.2 Å². The van der Waals surface area contributed by atoms with Crippen molar-refractivity contribution < 1.29 is 19.1 Å². The smallest absolute Gasteiger partial charge is 0.269 e. The molecule has 0 unspecified atom stereocenters. The molecule has 2 rings (SSSR count). The summed E-state index contributed by atoms with van der Waals surface area (Å²) in [4.78, 5) is 28.3. The van der Waals surface area contributed by atoms with Gasteiger partial charge in [0.15, 0.2) is 0 Å². The SMILES string of the molecule is COCCNC(=O)c1cc(C(=O)NCc2ccccc2OC)ccn1. The Hall–Kier alpha value is -2.93. The van der Waals surface area contributed by atoms with E-state index in [-0.39, 0.29) is 17.5 Å². The van der Waals surface area contributed by atoms with E-state index in [9.17, 15) is 9.59 Å². The number of rotatable bonds is 8. The normalized spacial score (nSPS) is 10.2. The minimum Gasteiger partial charge on any atom is -0.496 e. The Morgan fingerprint density at radius 2 is 1.88 bits per heavy atom. The lowest BCUT2D eigenvalue weighted by molar-refractivity contribution is 0.0932. The molecule has 0 saturated heterocycles. The molecule has 7 nitrogen and oxygen atoms in total. The first kappa shape index (κ1) is 18.4. The number of hydrogen-bond acceptors (Lipinski definition) is 5. The quantitative estimate of drug-likeness (QED) is 0.707. The van der Waals surface area contributed by atoms with Crippen LogP contribution in [0.25, 0.3) is 0 Å². The molecule has 2 amide bonds. The molecule has 7 heteroatoms. The lowest BCUT2D eigenvalue weighted by Gasteiger charge is -2.10. The Balaban J connectivity index is 2.00. The van der Waals surface area contributed by atoms with Crippen LogP contribution in [-0.2, 0) is 11.3 Å². The molecule has 1 aromatic heterocycles. The summed E-state index contributed by atoms with van der Waals surface area (Å²) >= 11 is 0. The molecule has 0 spiro atoms. The van der Waals surface area contributed by atoms with Crippen molar-refractivity contribution >= 4 is 11.8 Å². The average molecular weight is 343 g/mol. The van der Waals surface area contributed by atoms with Crippen LogP contribution in [0.4, 0.5) is 0 Å². The van der Waals surface area contributed by atoms with E-state index in [2.05, 4.69) is 15.6 Å². The van der Waals surface area contributed by atoms with E-state index < -0.39 is 0 Å². The molecule has 0 fully saturated rings. The first-order valence-electron chi connectivity index (χ1n) is 7.79. The van der Waals surface area contributed by atoms with Crippen molar-refractivity contribution in [1.29, 1.82) is 0 Å². The highest BCUT2D eigenvalue weighted by Gasteiger charge is 2.12. The lowest BCUT2D eigenvalue weighted by Crippen LogP contribution is -2.28. The zero-order valence-corrected chi connectivity index (χ0v) is 14.2. The highest BCUT2D eigenvalue weighted by atomic mass is 16.5. The highest BCUT2D eigenvalue weighted by Crippen LogP contribution is 2.16. The third-order valence-electron chi connectivity index (χ3n) is 3.48.